The fraction of sp³-hybridized carbons (Fsp3) is 0.300. The molecule has 1 aliphatic heterocycles. The summed E-state index contributed by atoms with van der Waals surface area (Å²) in [4.78, 5) is 10.5. The van der Waals surface area contributed by atoms with Gasteiger partial charge in [0.1, 0.15) is 0 Å². The topological polar surface area (TPSA) is 81.8 Å². The SMILES string of the molecule is NC(CC(=O)O)c1ccc2c(c1)OC(F)(F)O2. The molecule has 0 aromatic heterocycles. The van der Waals surface area contributed by atoms with Gasteiger partial charge in [0.25, 0.3) is 0 Å². The van der Waals surface area contributed by atoms with Crippen LogP contribution in [0.15, 0.2) is 18.2 Å². The summed E-state index contributed by atoms with van der Waals surface area (Å²) in [5.74, 6) is -1.31. The molecule has 0 saturated carbocycles. The fourth-order valence-electron chi connectivity index (χ4n) is 1.50. The van der Waals surface area contributed by atoms with Gasteiger partial charge in [-0.3, -0.25) is 4.79 Å². The van der Waals surface area contributed by atoms with Crippen LogP contribution in [0.25, 0.3) is 0 Å². The average molecular weight is 245 g/mol. The molecule has 0 bridgehead atoms. The Kier molecular flexibility index (Phi) is 2.62. The number of rotatable bonds is 3. The lowest BCUT2D eigenvalue weighted by molar-refractivity contribution is -0.286. The fourth-order valence-corrected chi connectivity index (χ4v) is 1.50. The number of benzene rings is 1. The van der Waals surface area contributed by atoms with Crippen molar-refractivity contribution in [2.75, 3.05) is 0 Å². The molecule has 1 atom stereocenters. The minimum absolute atomic E-state index is 0.0960. The van der Waals surface area contributed by atoms with E-state index in [-0.39, 0.29) is 17.9 Å². The maximum Gasteiger partial charge on any atom is 0.586 e. The van der Waals surface area contributed by atoms with E-state index in [0.717, 1.165) is 0 Å². The highest BCUT2D eigenvalue weighted by molar-refractivity contribution is 5.68. The van der Waals surface area contributed by atoms with Crippen molar-refractivity contribution in [3.63, 3.8) is 0 Å². The lowest BCUT2D eigenvalue weighted by Gasteiger charge is -2.09. The van der Waals surface area contributed by atoms with Gasteiger partial charge in [0.15, 0.2) is 11.5 Å². The van der Waals surface area contributed by atoms with Crippen molar-refractivity contribution in [1.29, 1.82) is 0 Å². The van der Waals surface area contributed by atoms with Crippen molar-refractivity contribution in [2.24, 2.45) is 5.73 Å². The first-order chi connectivity index (χ1) is 7.87. The van der Waals surface area contributed by atoms with Crippen LogP contribution in [-0.4, -0.2) is 17.4 Å². The van der Waals surface area contributed by atoms with Gasteiger partial charge in [-0.15, -0.1) is 8.78 Å². The highest BCUT2D eigenvalue weighted by Gasteiger charge is 2.43. The van der Waals surface area contributed by atoms with Crippen LogP contribution in [0.4, 0.5) is 8.78 Å². The smallest absolute Gasteiger partial charge is 0.481 e. The van der Waals surface area contributed by atoms with Crippen LogP contribution < -0.4 is 15.2 Å². The minimum Gasteiger partial charge on any atom is -0.481 e. The predicted molar refractivity (Wildman–Crippen MR) is 51.8 cm³/mol. The minimum atomic E-state index is -3.68. The molecule has 2 rings (SSSR count). The van der Waals surface area contributed by atoms with E-state index in [2.05, 4.69) is 9.47 Å². The Morgan fingerprint density at radius 2 is 2.06 bits per heavy atom. The van der Waals surface area contributed by atoms with Gasteiger partial charge in [-0.25, -0.2) is 0 Å². The number of hydrogen-bond donors (Lipinski definition) is 2. The lowest BCUT2D eigenvalue weighted by atomic mass is 10.0. The van der Waals surface area contributed by atoms with Crippen LogP contribution in [0.2, 0.25) is 0 Å². The molecule has 1 aliphatic rings. The quantitative estimate of drug-likeness (QED) is 0.842. The van der Waals surface area contributed by atoms with Gasteiger partial charge in [-0.2, -0.15) is 0 Å². The van der Waals surface area contributed by atoms with Gasteiger partial charge in [0, 0.05) is 6.04 Å². The number of carboxylic acid groups (broad SMARTS) is 1. The summed E-state index contributed by atoms with van der Waals surface area (Å²) in [5, 5.41) is 8.57. The van der Waals surface area contributed by atoms with E-state index in [1.54, 1.807) is 0 Å². The maximum atomic E-state index is 12.7. The highest BCUT2D eigenvalue weighted by atomic mass is 19.3. The number of fused-ring (bicyclic) bond motifs is 1. The van der Waals surface area contributed by atoms with Crippen molar-refractivity contribution in [3.05, 3.63) is 23.8 Å². The number of ether oxygens (including phenoxy) is 2. The van der Waals surface area contributed by atoms with E-state index in [9.17, 15) is 13.6 Å². The summed E-state index contributed by atoms with van der Waals surface area (Å²) in [6.45, 7) is 0. The molecule has 1 unspecified atom stereocenters. The molecule has 1 heterocycles. The van der Waals surface area contributed by atoms with E-state index in [0.29, 0.717) is 5.56 Å². The first-order valence-corrected chi connectivity index (χ1v) is 4.74. The Labute approximate surface area is 94.7 Å². The number of hydrogen-bond acceptors (Lipinski definition) is 4. The maximum absolute atomic E-state index is 12.7. The van der Waals surface area contributed by atoms with Crippen molar-refractivity contribution < 1.29 is 28.2 Å². The molecule has 0 amide bonds. The summed E-state index contributed by atoms with van der Waals surface area (Å²) in [6, 6.07) is 3.17. The normalized spacial score (nSPS) is 17.8. The molecule has 3 N–H and O–H groups in total. The van der Waals surface area contributed by atoms with Gasteiger partial charge < -0.3 is 20.3 Å². The third kappa shape index (κ3) is 2.44. The third-order valence-corrected chi connectivity index (χ3v) is 2.25. The van der Waals surface area contributed by atoms with Gasteiger partial charge in [-0.05, 0) is 17.7 Å². The second kappa shape index (κ2) is 3.85. The summed E-state index contributed by atoms with van der Waals surface area (Å²) in [5.41, 5.74) is 5.99. The zero-order valence-corrected chi connectivity index (χ0v) is 8.52. The van der Waals surface area contributed by atoms with E-state index in [1.807, 2.05) is 0 Å². The van der Waals surface area contributed by atoms with Crippen molar-refractivity contribution in [1.82, 2.24) is 0 Å². The molecule has 0 aliphatic carbocycles. The molecule has 1 aromatic rings. The Balaban J connectivity index is 2.21. The summed E-state index contributed by atoms with van der Waals surface area (Å²) >= 11 is 0. The van der Waals surface area contributed by atoms with E-state index >= 15 is 0 Å². The number of carboxylic acids is 1. The zero-order valence-electron chi connectivity index (χ0n) is 8.52. The molecular weight excluding hydrogens is 236 g/mol. The van der Waals surface area contributed by atoms with Crippen LogP contribution in [0.3, 0.4) is 0 Å². The zero-order chi connectivity index (χ0) is 12.6. The number of alkyl halides is 2. The van der Waals surface area contributed by atoms with E-state index < -0.39 is 18.3 Å². The summed E-state index contributed by atoms with van der Waals surface area (Å²) in [6.07, 6.45) is -3.98. The highest BCUT2D eigenvalue weighted by Crippen LogP contribution is 2.41. The van der Waals surface area contributed by atoms with Crippen LogP contribution >= 0.6 is 0 Å². The van der Waals surface area contributed by atoms with Crippen LogP contribution in [-0.2, 0) is 4.79 Å². The lowest BCUT2D eigenvalue weighted by Crippen LogP contribution is -2.25. The molecule has 17 heavy (non-hydrogen) atoms. The van der Waals surface area contributed by atoms with Crippen molar-refractivity contribution in [2.45, 2.75) is 18.8 Å². The largest absolute Gasteiger partial charge is 0.586 e. The molecule has 5 nitrogen and oxygen atoms in total. The van der Waals surface area contributed by atoms with Crippen molar-refractivity contribution in [3.8, 4) is 11.5 Å². The Morgan fingerprint density at radius 3 is 2.71 bits per heavy atom. The van der Waals surface area contributed by atoms with Gasteiger partial charge in [-0.1, -0.05) is 6.07 Å². The number of aliphatic carboxylic acids is 1. The monoisotopic (exact) mass is 245 g/mol. The van der Waals surface area contributed by atoms with Crippen LogP contribution in [0.5, 0.6) is 11.5 Å². The number of carbonyl (C=O) groups is 1. The van der Waals surface area contributed by atoms with Crippen LogP contribution in [0.1, 0.15) is 18.0 Å². The Hall–Kier alpha value is -1.89. The molecule has 0 radical (unpaired) electrons. The number of halogens is 2. The van der Waals surface area contributed by atoms with Crippen molar-refractivity contribution >= 4 is 5.97 Å². The molecule has 92 valence electrons. The summed E-state index contributed by atoms with van der Waals surface area (Å²) in [7, 11) is 0. The van der Waals surface area contributed by atoms with E-state index in [4.69, 9.17) is 10.8 Å². The average Bonchev–Trinajstić information content (AvgIpc) is 2.48. The van der Waals surface area contributed by atoms with Gasteiger partial charge >= 0.3 is 12.3 Å². The predicted octanol–water partition coefficient (Wildman–Crippen LogP) is 1.48. The first-order valence-electron chi connectivity index (χ1n) is 4.74. The second-order valence-corrected chi connectivity index (χ2v) is 3.58. The molecule has 0 saturated heterocycles. The Bertz CT molecular complexity index is 464. The molecule has 7 heteroatoms. The summed E-state index contributed by atoms with van der Waals surface area (Å²) < 4.78 is 33.8. The standard InChI is InChI=1S/C10H9F2NO4/c11-10(12)16-7-2-1-5(3-8(7)17-10)6(13)4-9(14)15/h1-3,6H,4,13H2,(H,14,15). The first kappa shape index (κ1) is 11.6. The Morgan fingerprint density at radius 1 is 1.41 bits per heavy atom. The van der Waals surface area contributed by atoms with Crippen LogP contribution in [0, 0.1) is 0 Å². The molecule has 0 spiro atoms. The molecule has 0 fully saturated rings. The second-order valence-electron chi connectivity index (χ2n) is 3.58. The molecule has 1 aromatic carbocycles. The third-order valence-electron chi connectivity index (χ3n) is 2.25. The van der Waals surface area contributed by atoms with E-state index in [1.165, 1.54) is 18.2 Å². The molecular formula is C10H9F2NO4. The van der Waals surface area contributed by atoms with Gasteiger partial charge in [0.2, 0.25) is 0 Å². The van der Waals surface area contributed by atoms with Gasteiger partial charge in [0.05, 0.1) is 6.42 Å². The number of nitrogens with two attached hydrogens (primary N) is 1.